The molecule has 1 aliphatic heterocycles. The van der Waals surface area contributed by atoms with Crippen LogP contribution in [0.4, 0.5) is 13.2 Å². The fourth-order valence-electron chi connectivity index (χ4n) is 2.23. The third kappa shape index (κ3) is 2.28. The second-order valence-corrected chi connectivity index (χ2v) is 4.55. The molecule has 108 valence electrons. The van der Waals surface area contributed by atoms with E-state index in [2.05, 4.69) is 9.98 Å². The molecule has 0 spiro atoms. The Labute approximate surface area is 115 Å². The second kappa shape index (κ2) is 4.44. The largest absolute Gasteiger partial charge is 0.416 e. The number of fused-ring (bicyclic) bond motifs is 1. The molecule has 0 amide bonds. The zero-order valence-corrected chi connectivity index (χ0v) is 10.4. The molecule has 0 fully saturated rings. The SMILES string of the molecule is O=c1[nH]cc(-c2cc(C(F)(F)F)cc3c2C=NC3)c(=O)[nH]1. The lowest BCUT2D eigenvalue weighted by Crippen LogP contribution is -2.23. The Hall–Kier alpha value is -2.64. The lowest BCUT2D eigenvalue weighted by atomic mass is 9.95. The van der Waals surface area contributed by atoms with Crippen LogP contribution in [0.1, 0.15) is 16.7 Å². The number of alkyl halides is 3. The highest BCUT2D eigenvalue weighted by atomic mass is 19.4. The molecule has 2 N–H and O–H groups in total. The smallest absolute Gasteiger partial charge is 0.313 e. The summed E-state index contributed by atoms with van der Waals surface area (Å²) in [4.78, 5) is 31.0. The third-order valence-corrected chi connectivity index (χ3v) is 3.18. The van der Waals surface area contributed by atoms with E-state index in [0.717, 1.165) is 18.3 Å². The molecule has 5 nitrogen and oxygen atoms in total. The van der Waals surface area contributed by atoms with E-state index in [1.807, 2.05) is 4.98 Å². The number of aromatic amines is 2. The van der Waals surface area contributed by atoms with Crippen LogP contribution in [0.15, 0.2) is 32.9 Å². The first-order valence-corrected chi connectivity index (χ1v) is 5.92. The molecule has 8 heteroatoms. The van der Waals surface area contributed by atoms with Gasteiger partial charge in [-0.2, -0.15) is 13.2 Å². The molecule has 0 bridgehead atoms. The Balaban J connectivity index is 2.31. The summed E-state index contributed by atoms with van der Waals surface area (Å²) >= 11 is 0. The summed E-state index contributed by atoms with van der Waals surface area (Å²) in [5.41, 5.74) is -1.41. The maximum absolute atomic E-state index is 12.9. The molecule has 0 radical (unpaired) electrons. The molecule has 1 aliphatic rings. The molecular formula is C13H8F3N3O2. The van der Waals surface area contributed by atoms with Crippen LogP contribution >= 0.6 is 0 Å². The van der Waals surface area contributed by atoms with Gasteiger partial charge in [0.15, 0.2) is 0 Å². The quantitative estimate of drug-likeness (QED) is 0.839. The number of nitrogens with zero attached hydrogens (tertiary/aromatic N) is 1. The Kier molecular flexibility index (Phi) is 2.82. The minimum Gasteiger partial charge on any atom is -0.313 e. The molecule has 1 aromatic carbocycles. The predicted octanol–water partition coefficient (Wildman–Crippen LogP) is 1.68. The van der Waals surface area contributed by atoms with Gasteiger partial charge in [0.2, 0.25) is 0 Å². The lowest BCUT2D eigenvalue weighted by Gasteiger charge is -2.12. The van der Waals surface area contributed by atoms with E-state index in [-0.39, 0.29) is 17.7 Å². The molecule has 0 saturated heterocycles. The van der Waals surface area contributed by atoms with Crippen LogP contribution in [-0.2, 0) is 12.7 Å². The van der Waals surface area contributed by atoms with Crippen molar-refractivity contribution >= 4 is 6.21 Å². The van der Waals surface area contributed by atoms with E-state index in [1.54, 1.807) is 0 Å². The standard InChI is InChI=1S/C13H8F3N3O2/c14-13(15,16)7-1-6-3-17-4-9(6)8(2-7)10-5-18-12(21)19-11(10)20/h1-2,4-5H,3H2,(H2,18,19,20,21). The van der Waals surface area contributed by atoms with Gasteiger partial charge in [0.1, 0.15) is 0 Å². The van der Waals surface area contributed by atoms with Gasteiger partial charge in [-0.15, -0.1) is 0 Å². The zero-order valence-electron chi connectivity index (χ0n) is 10.4. The fraction of sp³-hybridized carbons (Fsp3) is 0.154. The molecular weight excluding hydrogens is 287 g/mol. The van der Waals surface area contributed by atoms with Crippen molar-refractivity contribution in [2.45, 2.75) is 12.7 Å². The van der Waals surface area contributed by atoms with Crippen LogP contribution < -0.4 is 11.2 Å². The van der Waals surface area contributed by atoms with Gasteiger partial charge in [0.05, 0.1) is 17.7 Å². The number of hydrogen-bond donors (Lipinski definition) is 2. The molecule has 3 rings (SSSR count). The molecule has 1 aromatic heterocycles. The highest BCUT2D eigenvalue weighted by molar-refractivity contribution is 5.94. The summed E-state index contributed by atoms with van der Waals surface area (Å²) in [6, 6.07) is 1.91. The molecule has 0 saturated carbocycles. The van der Waals surface area contributed by atoms with E-state index < -0.39 is 23.0 Å². The van der Waals surface area contributed by atoms with Crippen LogP contribution in [0.2, 0.25) is 0 Å². The van der Waals surface area contributed by atoms with Crippen LogP contribution in [0.5, 0.6) is 0 Å². The van der Waals surface area contributed by atoms with E-state index >= 15 is 0 Å². The maximum Gasteiger partial charge on any atom is 0.416 e. The monoisotopic (exact) mass is 295 g/mol. The summed E-state index contributed by atoms with van der Waals surface area (Å²) in [5, 5.41) is 0. The minimum atomic E-state index is -4.53. The Bertz CT molecular complexity index is 862. The Morgan fingerprint density at radius 1 is 1.14 bits per heavy atom. The van der Waals surface area contributed by atoms with Gasteiger partial charge < -0.3 is 4.98 Å². The average Bonchev–Trinajstić information content (AvgIpc) is 2.85. The van der Waals surface area contributed by atoms with Crippen molar-refractivity contribution in [2.24, 2.45) is 4.99 Å². The van der Waals surface area contributed by atoms with Crippen molar-refractivity contribution in [1.29, 1.82) is 0 Å². The number of halogens is 3. The number of benzene rings is 1. The van der Waals surface area contributed by atoms with Crippen LogP contribution in [0.25, 0.3) is 11.1 Å². The van der Waals surface area contributed by atoms with Gasteiger partial charge in [-0.05, 0) is 23.3 Å². The van der Waals surface area contributed by atoms with Gasteiger partial charge in [0, 0.05) is 18.0 Å². The van der Waals surface area contributed by atoms with Gasteiger partial charge in [-0.1, -0.05) is 0 Å². The highest BCUT2D eigenvalue weighted by Gasteiger charge is 2.33. The predicted molar refractivity (Wildman–Crippen MR) is 69.4 cm³/mol. The van der Waals surface area contributed by atoms with E-state index in [0.29, 0.717) is 11.1 Å². The van der Waals surface area contributed by atoms with Gasteiger partial charge in [-0.3, -0.25) is 14.8 Å². The number of aromatic nitrogens is 2. The summed E-state index contributed by atoms with van der Waals surface area (Å²) in [6.45, 7) is 0.132. The van der Waals surface area contributed by atoms with Crippen molar-refractivity contribution < 1.29 is 13.2 Å². The Morgan fingerprint density at radius 2 is 1.90 bits per heavy atom. The number of H-pyrrole nitrogens is 2. The van der Waals surface area contributed by atoms with E-state index in [1.165, 1.54) is 6.21 Å². The van der Waals surface area contributed by atoms with E-state index in [9.17, 15) is 22.8 Å². The summed E-state index contributed by atoms with van der Waals surface area (Å²) in [5.74, 6) is 0. The van der Waals surface area contributed by atoms with Crippen molar-refractivity contribution in [2.75, 3.05) is 0 Å². The van der Waals surface area contributed by atoms with Crippen LogP contribution in [0.3, 0.4) is 0 Å². The third-order valence-electron chi connectivity index (χ3n) is 3.18. The summed E-state index contributed by atoms with van der Waals surface area (Å²) in [7, 11) is 0. The average molecular weight is 295 g/mol. The van der Waals surface area contributed by atoms with Gasteiger partial charge in [-0.25, -0.2) is 4.79 Å². The molecule has 0 atom stereocenters. The first kappa shape index (κ1) is 13.3. The van der Waals surface area contributed by atoms with Crippen LogP contribution in [-0.4, -0.2) is 16.2 Å². The van der Waals surface area contributed by atoms with Crippen molar-refractivity contribution in [3.05, 3.63) is 55.9 Å². The van der Waals surface area contributed by atoms with Gasteiger partial charge in [0.25, 0.3) is 5.56 Å². The van der Waals surface area contributed by atoms with Gasteiger partial charge >= 0.3 is 11.9 Å². The van der Waals surface area contributed by atoms with E-state index in [4.69, 9.17) is 0 Å². The minimum absolute atomic E-state index is 0.0368. The number of hydrogen-bond acceptors (Lipinski definition) is 3. The number of rotatable bonds is 1. The summed E-state index contributed by atoms with van der Waals surface area (Å²) < 4.78 is 38.8. The highest BCUT2D eigenvalue weighted by Crippen LogP contribution is 2.35. The fourth-order valence-corrected chi connectivity index (χ4v) is 2.23. The normalized spacial score (nSPS) is 13.5. The number of aliphatic imine (C=N–C) groups is 1. The zero-order chi connectivity index (χ0) is 15.2. The van der Waals surface area contributed by atoms with Crippen molar-refractivity contribution in [3.63, 3.8) is 0 Å². The Morgan fingerprint density at radius 3 is 2.57 bits per heavy atom. The second-order valence-electron chi connectivity index (χ2n) is 4.55. The first-order valence-electron chi connectivity index (χ1n) is 5.92. The lowest BCUT2D eigenvalue weighted by molar-refractivity contribution is -0.137. The summed E-state index contributed by atoms with van der Waals surface area (Å²) in [6.07, 6.45) is -2.00. The van der Waals surface area contributed by atoms with Crippen LogP contribution in [0, 0.1) is 0 Å². The maximum atomic E-state index is 12.9. The molecule has 2 heterocycles. The topological polar surface area (TPSA) is 78.1 Å². The van der Waals surface area contributed by atoms with Crippen molar-refractivity contribution in [3.8, 4) is 11.1 Å². The molecule has 0 unspecified atom stereocenters. The molecule has 0 aliphatic carbocycles. The van der Waals surface area contributed by atoms with Crippen molar-refractivity contribution in [1.82, 2.24) is 9.97 Å². The number of nitrogens with one attached hydrogen (secondary N) is 2. The molecule has 2 aromatic rings. The molecule has 21 heavy (non-hydrogen) atoms. The first-order chi connectivity index (χ1) is 9.86.